The number of H-pyrrole nitrogens is 1. The van der Waals surface area contributed by atoms with Crippen LogP contribution in [0.2, 0.25) is 5.02 Å². The molecule has 1 amide bonds. The molecule has 30 heavy (non-hydrogen) atoms. The lowest BCUT2D eigenvalue weighted by Crippen LogP contribution is -2.31. The number of amides is 1. The van der Waals surface area contributed by atoms with Gasteiger partial charge in [-0.3, -0.25) is 19.5 Å². The Labute approximate surface area is 177 Å². The van der Waals surface area contributed by atoms with Crippen LogP contribution in [0.1, 0.15) is 34.1 Å². The van der Waals surface area contributed by atoms with E-state index >= 15 is 0 Å². The van der Waals surface area contributed by atoms with Gasteiger partial charge in [-0.15, -0.1) is 0 Å². The van der Waals surface area contributed by atoms with Crippen molar-refractivity contribution in [1.82, 2.24) is 15.1 Å². The fourth-order valence-electron chi connectivity index (χ4n) is 3.14. The van der Waals surface area contributed by atoms with Crippen molar-refractivity contribution in [3.05, 3.63) is 80.7 Å². The number of nitrogens with one attached hydrogen (secondary N) is 2. The average molecular weight is 430 g/mol. The normalized spacial score (nSPS) is 11.7. The van der Waals surface area contributed by atoms with E-state index in [9.17, 15) is 19.5 Å². The lowest BCUT2D eigenvalue weighted by molar-refractivity contribution is -0.137. The van der Waals surface area contributed by atoms with Crippen LogP contribution in [-0.2, 0) is 4.79 Å². The Balaban J connectivity index is 1.90. The van der Waals surface area contributed by atoms with Crippen LogP contribution in [0.5, 0.6) is 5.75 Å². The quantitative estimate of drug-likeness (QED) is 0.534. The number of aryl methyl sites for hydroxylation is 1. The monoisotopic (exact) mass is 429 g/mol. The molecule has 1 heterocycles. The minimum atomic E-state index is -1.07. The van der Waals surface area contributed by atoms with Gasteiger partial charge in [0.25, 0.3) is 11.5 Å². The number of aromatic amines is 1. The SMILES string of the molecule is COc1ccc(C(CC(=O)O)NC(=O)c2cc(=O)n(-c3ccccc3Cl)[nH]2)c(C)c1. The van der Waals surface area contributed by atoms with E-state index in [1.54, 1.807) is 49.4 Å². The van der Waals surface area contributed by atoms with Crippen molar-refractivity contribution >= 4 is 23.5 Å². The van der Waals surface area contributed by atoms with Gasteiger partial charge in [-0.05, 0) is 42.3 Å². The van der Waals surface area contributed by atoms with Gasteiger partial charge in [0.05, 0.1) is 30.3 Å². The zero-order valence-corrected chi connectivity index (χ0v) is 17.1. The summed E-state index contributed by atoms with van der Waals surface area (Å²) in [6.45, 7) is 1.80. The van der Waals surface area contributed by atoms with Crippen molar-refractivity contribution in [2.24, 2.45) is 0 Å². The van der Waals surface area contributed by atoms with E-state index < -0.39 is 23.5 Å². The van der Waals surface area contributed by atoms with Crippen LogP contribution in [0.4, 0.5) is 0 Å². The molecule has 0 spiro atoms. The number of ether oxygens (including phenoxy) is 1. The number of para-hydroxylation sites is 1. The van der Waals surface area contributed by atoms with Crippen LogP contribution in [0, 0.1) is 6.92 Å². The highest BCUT2D eigenvalue weighted by atomic mass is 35.5. The maximum atomic E-state index is 12.8. The fraction of sp³-hybridized carbons (Fsp3) is 0.190. The third kappa shape index (κ3) is 4.55. The number of aromatic nitrogens is 2. The number of carboxylic acids is 1. The lowest BCUT2D eigenvalue weighted by Gasteiger charge is -2.19. The summed E-state index contributed by atoms with van der Waals surface area (Å²) in [5, 5.41) is 15.0. The van der Waals surface area contributed by atoms with Crippen LogP contribution in [0.15, 0.2) is 53.3 Å². The number of carboxylic acid groups (broad SMARTS) is 1. The third-order valence-corrected chi connectivity index (χ3v) is 4.91. The molecule has 3 N–H and O–H groups in total. The second kappa shape index (κ2) is 8.87. The summed E-state index contributed by atoms with van der Waals surface area (Å²) in [5.41, 5.74) is 1.32. The summed E-state index contributed by atoms with van der Waals surface area (Å²) < 4.78 is 6.33. The Kier molecular flexibility index (Phi) is 6.27. The van der Waals surface area contributed by atoms with Gasteiger partial charge in [0.15, 0.2) is 0 Å². The maximum Gasteiger partial charge on any atom is 0.305 e. The first-order valence-electron chi connectivity index (χ1n) is 9.04. The zero-order chi connectivity index (χ0) is 21.8. The smallest absolute Gasteiger partial charge is 0.305 e. The van der Waals surface area contributed by atoms with Gasteiger partial charge in [-0.2, -0.15) is 0 Å². The van der Waals surface area contributed by atoms with E-state index in [0.717, 1.165) is 16.3 Å². The number of benzene rings is 2. The topological polar surface area (TPSA) is 113 Å². The number of carbonyl (C=O) groups excluding carboxylic acids is 1. The molecule has 0 aliphatic heterocycles. The van der Waals surface area contributed by atoms with Gasteiger partial charge >= 0.3 is 5.97 Å². The first-order valence-corrected chi connectivity index (χ1v) is 9.42. The molecule has 0 aliphatic carbocycles. The number of aliphatic carboxylic acids is 1. The minimum Gasteiger partial charge on any atom is -0.497 e. The van der Waals surface area contributed by atoms with Crippen molar-refractivity contribution in [2.45, 2.75) is 19.4 Å². The molecule has 3 rings (SSSR count). The second-order valence-electron chi connectivity index (χ2n) is 6.64. The summed E-state index contributed by atoms with van der Waals surface area (Å²) in [6, 6.07) is 12.2. The highest BCUT2D eigenvalue weighted by molar-refractivity contribution is 6.32. The summed E-state index contributed by atoms with van der Waals surface area (Å²) in [4.78, 5) is 36.5. The molecular formula is C21H20ClN3O5. The van der Waals surface area contributed by atoms with E-state index in [1.165, 1.54) is 7.11 Å². The fourth-order valence-corrected chi connectivity index (χ4v) is 3.36. The molecule has 0 saturated carbocycles. The van der Waals surface area contributed by atoms with Crippen molar-refractivity contribution in [1.29, 1.82) is 0 Å². The molecule has 2 aromatic carbocycles. The summed E-state index contributed by atoms with van der Waals surface area (Å²) in [7, 11) is 1.53. The van der Waals surface area contributed by atoms with Crippen LogP contribution < -0.4 is 15.6 Å². The van der Waals surface area contributed by atoms with Gasteiger partial charge in [-0.1, -0.05) is 29.8 Å². The Morgan fingerprint density at radius 2 is 1.97 bits per heavy atom. The molecule has 156 valence electrons. The molecule has 0 bridgehead atoms. The Morgan fingerprint density at radius 3 is 2.60 bits per heavy atom. The average Bonchev–Trinajstić information content (AvgIpc) is 3.09. The van der Waals surface area contributed by atoms with Gasteiger partial charge in [0.2, 0.25) is 0 Å². The van der Waals surface area contributed by atoms with Crippen molar-refractivity contribution in [2.75, 3.05) is 7.11 Å². The number of nitrogens with zero attached hydrogens (tertiary/aromatic N) is 1. The predicted octanol–water partition coefficient (Wildman–Crippen LogP) is 3.08. The summed E-state index contributed by atoms with van der Waals surface area (Å²) in [5.74, 6) is -1.06. The first kappa shape index (κ1) is 21.2. The number of methoxy groups -OCH3 is 1. The molecule has 0 radical (unpaired) electrons. The molecule has 1 aromatic heterocycles. The lowest BCUT2D eigenvalue weighted by atomic mass is 9.98. The molecule has 0 saturated heterocycles. The molecule has 1 unspecified atom stereocenters. The van der Waals surface area contributed by atoms with Gasteiger partial charge in [0.1, 0.15) is 11.4 Å². The molecule has 0 fully saturated rings. The largest absolute Gasteiger partial charge is 0.497 e. The van der Waals surface area contributed by atoms with E-state index in [2.05, 4.69) is 10.4 Å². The van der Waals surface area contributed by atoms with Crippen molar-refractivity contribution in [3.8, 4) is 11.4 Å². The highest BCUT2D eigenvalue weighted by Gasteiger charge is 2.22. The minimum absolute atomic E-state index is 0.0125. The Morgan fingerprint density at radius 1 is 1.23 bits per heavy atom. The molecule has 3 aromatic rings. The number of hydrogen-bond donors (Lipinski definition) is 3. The van der Waals surface area contributed by atoms with Gasteiger partial charge in [-0.25, -0.2) is 4.68 Å². The standard InChI is InChI=1S/C21H20ClN3O5/c1-12-9-13(30-2)7-8-14(12)16(11-20(27)28)23-21(29)17-10-19(26)25(24-17)18-6-4-3-5-15(18)22/h3-10,16,24H,11H2,1-2H3,(H,23,29)(H,27,28). The molecular weight excluding hydrogens is 410 g/mol. The zero-order valence-electron chi connectivity index (χ0n) is 16.3. The van der Waals surface area contributed by atoms with Crippen LogP contribution in [0.3, 0.4) is 0 Å². The predicted molar refractivity (Wildman–Crippen MR) is 112 cm³/mol. The van der Waals surface area contributed by atoms with Crippen molar-refractivity contribution < 1.29 is 19.4 Å². The Hall–Kier alpha value is -3.52. The van der Waals surface area contributed by atoms with Gasteiger partial charge < -0.3 is 15.2 Å². The first-order chi connectivity index (χ1) is 14.3. The number of carbonyl (C=O) groups is 2. The molecule has 1 atom stereocenters. The van der Waals surface area contributed by atoms with Crippen LogP contribution in [-0.4, -0.2) is 33.9 Å². The Bertz CT molecular complexity index is 1150. The van der Waals surface area contributed by atoms with Crippen LogP contribution >= 0.6 is 11.6 Å². The van der Waals surface area contributed by atoms with E-state index in [-0.39, 0.29) is 12.1 Å². The number of halogens is 1. The summed E-state index contributed by atoms with van der Waals surface area (Å²) >= 11 is 6.13. The molecule has 8 nitrogen and oxygen atoms in total. The maximum absolute atomic E-state index is 12.8. The van der Waals surface area contributed by atoms with E-state index in [1.807, 2.05) is 0 Å². The summed E-state index contributed by atoms with van der Waals surface area (Å²) in [6.07, 6.45) is -0.325. The second-order valence-corrected chi connectivity index (χ2v) is 7.05. The third-order valence-electron chi connectivity index (χ3n) is 4.59. The molecule has 9 heteroatoms. The van der Waals surface area contributed by atoms with Crippen LogP contribution in [0.25, 0.3) is 5.69 Å². The van der Waals surface area contributed by atoms with Crippen molar-refractivity contribution in [3.63, 3.8) is 0 Å². The number of rotatable bonds is 7. The highest BCUT2D eigenvalue weighted by Crippen LogP contribution is 2.25. The van der Waals surface area contributed by atoms with E-state index in [0.29, 0.717) is 22.0 Å². The van der Waals surface area contributed by atoms with E-state index in [4.69, 9.17) is 16.3 Å². The molecule has 0 aliphatic rings. The number of hydrogen-bond acceptors (Lipinski definition) is 4. The van der Waals surface area contributed by atoms with Gasteiger partial charge in [0, 0.05) is 6.07 Å².